The van der Waals surface area contributed by atoms with Crippen molar-refractivity contribution in [2.75, 3.05) is 45.7 Å². The normalized spacial score (nSPS) is 21.9. The molecule has 7 heteroatoms. The molecule has 0 fully saturated rings. The SMILES string of the molecule is CCC(=O)Nc1ccc2c(c1)OC[C@H](C)N(CCc1ccccc1)C[C@H](C)[C@H](OC)CN(C)C2=O. The molecule has 0 aliphatic carbocycles. The monoisotopic (exact) mass is 481 g/mol. The van der Waals surface area contributed by atoms with Gasteiger partial charge in [0, 0.05) is 58.0 Å². The van der Waals surface area contributed by atoms with Gasteiger partial charge in [0.2, 0.25) is 5.91 Å². The Labute approximate surface area is 209 Å². The Morgan fingerprint density at radius 2 is 1.89 bits per heavy atom. The number of ether oxygens (including phenoxy) is 2. The highest BCUT2D eigenvalue weighted by molar-refractivity contribution is 5.98. The topological polar surface area (TPSA) is 71.1 Å². The quantitative estimate of drug-likeness (QED) is 0.673. The number of nitrogens with zero attached hydrogens (tertiary/aromatic N) is 2. The van der Waals surface area contributed by atoms with Crippen molar-refractivity contribution in [2.45, 2.75) is 45.8 Å². The van der Waals surface area contributed by atoms with Crippen molar-refractivity contribution in [1.29, 1.82) is 0 Å². The van der Waals surface area contributed by atoms with Crippen molar-refractivity contribution in [3.8, 4) is 5.75 Å². The number of likely N-dealkylation sites (N-methyl/N-ethyl adjacent to an activating group) is 1. The molecule has 190 valence electrons. The van der Waals surface area contributed by atoms with E-state index in [-0.39, 0.29) is 29.9 Å². The number of anilines is 1. The summed E-state index contributed by atoms with van der Waals surface area (Å²) in [7, 11) is 3.50. The molecule has 0 unspecified atom stereocenters. The summed E-state index contributed by atoms with van der Waals surface area (Å²) in [6.45, 7) is 8.76. The van der Waals surface area contributed by atoms with Crippen LogP contribution in [0.15, 0.2) is 48.5 Å². The summed E-state index contributed by atoms with van der Waals surface area (Å²) < 4.78 is 12.1. The maximum Gasteiger partial charge on any atom is 0.257 e. The van der Waals surface area contributed by atoms with E-state index in [9.17, 15) is 9.59 Å². The number of fused-ring (bicyclic) bond motifs is 1. The van der Waals surface area contributed by atoms with Gasteiger partial charge in [-0.05, 0) is 37.0 Å². The van der Waals surface area contributed by atoms with E-state index in [1.54, 1.807) is 44.2 Å². The summed E-state index contributed by atoms with van der Waals surface area (Å²) in [5, 5.41) is 2.86. The molecule has 2 aromatic carbocycles. The zero-order chi connectivity index (χ0) is 25.4. The first-order valence-corrected chi connectivity index (χ1v) is 12.4. The van der Waals surface area contributed by atoms with E-state index >= 15 is 0 Å². The lowest BCUT2D eigenvalue weighted by Crippen LogP contribution is -2.47. The van der Waals surface area contributed by atoms with Gasteiger partial charge in [0.1, 0.15) is 12.4 Å². The van der Waals surface area contributed by atoms with Crippen molar-refractivity contribution in [3.05, 3.63) is 59.7 Å². The second-order valence-electron chi connectivity index (χ2n) is 9.44. The number of carbonyl (C=O) groups excluding carboxylic acids is 2. The number of amides is 2. The molecule has 1 aliphatic heterocycles. The Bertz CT molecular complexity index is 981. The Morgan fingerprint density at radius 1 is 1.14 bits per heavy atom. The number of benzene rings is 2. The van der Waals surface area contributed by atoms with Crippen LogP contribution in [0.25, 0.3) is 0 Å². The number of nitrogens with one attached hydrogen (secondary N) is 1. The Hall–Kier alpha value is -2.90. The Kier molecular flexibility index (Phi) is 9.69. The molecule has 3 rings (SSSR count). The molecule has 0 aromatic heterocycles. The highest BCUT2D eigenvalue weighted by Gasteiger charge is 2.28. The Balaban J connectivity index is 1.89. The zero-order valence-corrected chi connectivity index (χ0v) is 21.6. The number of rotatable bonds is 6. The van der Waals surface area contributed by atoms with Gasteiger partial charge >= 0.3 is 0 Å². The summed E-state index contributed by atoms with van der Waals surface area (Å²) >= 11 is 0. The number of hydrogen-bond acceptors (Lipinski definition) is 5. The molecule has 0 spiro atoms. The smallest absolute Gasteiger partial charge is 0.257 e. The fraction of sp³-hybridized carbons (Fsp3) is 0.500. The van der Waals surface area contributed by atoms with Crippen LogP contribution in [-0.4, -0.2) is 74.2 Å². The second-order valence-corrected chi connectivity index (χ2v) is 9.44. The van der Waals surface area contributed by atoms with E-state index in [2.05, 4.69) is 48.3 Å². The third kappa shape index (κ3) is 7.29. The molecule has 0 bridgehead atoms. The Morgan fingerprint density at radius 3 is 2.57 bits per heavy atom. The minimum Gasteiger partial charge on any atom is -0.491 e. The molecule has 7 nitrogen and oxygen atoms in total. The predicted octanol–water partition coefficient (Wildman–Crippen LogP) is 4.08. The van der Waals surface area contributed by atoms with Crippen LogP contribution in [0.1, 0.15) is 43.1 Å². The zero-order valence-electron chi connectivity index (χ0n) is 21.6. The molecule has 0 saturated carbocycles. The highest BCUT2D eigenvalue weighted by Crippen LogP contribution is 2.27. The lowest BCUT2D eigenvalue weighted by Gasteiger charge is -2.36. The van der Waals surface area contributed by atoms with Gasteiger partial charge in [0.25, 0.3) is 5.91 Å². The van der Waals surface area contributed by atoms with Crippen molar-refractivity contribution in [3.63, 3.8) is 0 Å². The molecule has 1 aliphatic rings. The molecule has 0 radical (unpaired) electrons. The van der Waals surface area contributed by atoms with Gasteiger partial charge in [0.05, 0.1) is 11.7 Å². The van der Waals surface area contributed by atoms with Gasteiger partial charge in [-0.15, -0.1) is 0 Å². The molecule has 1 N–H and O–H groups in total. The van der Waals surface area contributed by atoms with Crippen molar-refractivity contribution in [2.24, 2.45) is 5.92 Å². The van der Waals surface area contributed by atoms with E-state index in [0.29, 0.717) is 36.6 Å². The minimum atomic E-state index is -0.128. The van der Waals surface area contributed by atoms with Crippen LogP contribution < -0.4 is 10.1 Å². The van der Waals surface area contributed by atoms with Crippen LogP contribution in [0.4, 0.5) is 5.69 Å². The van der Waals surface area contributed by atoms with Crippen LogP contribution in [-0.2, 0) is 16.0 Å². The molecular formula is C28H39N3O4. The lowest BCUT2D eigenvalue weighted by molar-refractivity contribution is -0.115. The van der Waals surface area contributed by atoms with Crippen LogP contribution in [0.5, 0.6) is 5.75 Å². The van der Waals surface area contributed by atoms with E-state index in [4.69, 9.17) is 9.47 Å². The number of hydrogen-bond donors (Lipinski definition) is 1. The number of carbonyl (C=O) groups is 2. The first-order valence-electron chi connectivity index (χ1n) is 12.4. The first-order chi connectivity index (χ1) is 16.8. The van der Waals surface area contributed by atoms with E-state index in [1.165, 1.54) is 5.56 Å². The number of methoxy groups -OCH3 is 1. The summed E-state index contributed by atoms with van der Waals surface area (Å²) in [6, 6.07) is 15.8. The summed E-state index contributed by atoms with van der Waals surface area (Å²) in [6.07, 6.45) is 1.23. The van der Waals surface area contributed by atoms with E-state index < -0.39 is 0 Å². The first kappa shape index (κ1) is 26.7. The summed E-state index contributed by atoms with van der Waals surface area (Å²) in [5.41, 5.74) is 2.40. The van der Waals surface area contributed by atoms with Crippen LogP contribution in [0, 0.1) is 5.92 Å². The lowest BCUT2D eigenvalue weighted by atomic mass is 10.0. The average Bonchev–Trinajstić information content (AvgIpc) is 2.87. The molecule has 0 saturated heterocycles. The van der Waals surface area contributed by atoms with Crippen LogP contribution >= 0.6 is 0 Å². The molecule has 3 atom stereocenters. The van der Waals surface area contributed by atoms with Gasteiger partial charge in [0.15, 0.2) is 0 Å². The molecule has 2 amide bonds. The fourth-order valence-electron chi connectivity index (χ4n) is 4.40. The maximum absolute atomic E-state index is 13.3. The highest BCUT2D eigenvalue weighted by atomic mass is 16.5. The van der Waals surface area contributed by atoms with Crippen LogP contribution in [0.2, 0.25) is 0 Å². The van der Waals surface area contributed by atoms with Crippen molar-refractivity contribution < 1.29 is 19.1 Å². The van der Waals surface area contributed by atoms with Crippen molar-refractivity contribution >= 4 is 17.5 Å². The predicted molar refractivity (Wildman–Crippen MR) is 139 cm³/mol. The molecule has 2 aromatic rings. The second kappa shape index (κ2) is 12.7. The van der Waals surface area contributed by atoms with Gasteiger partial charge in [-0.3, -0.25) is 14.5 Å². The largest absolute Gasteiger partial charge is 0.491 e. The fourth-order valence-corrected chi connectivity index (χ4v) is 4.40. The summed E-state index contributed by atoms with van der Waals surface area (Å²) in [5.74, 6) is 0.489. The van der Waals surface area contributed by atoms with Gasteiger partial charge in [-0.2, -0.15) is 0 Å². The third-order valence-corrected chi connectivity index (χ3v) is 6.71. The average molecular weight is 482 g/mol. The van der Waals surface area contributed by atoms with E-state index in [1.807, 2.05) is 6.07 Å². The third-order valence-electron chi connectivity index (χ3n) is 6.71. The van der Waals surface area contributed by atoms with Gasteiger partial charge in [-0.1, -0.05) is 44.2 Å². The van der Waals surface area contributed by atoms with Crippen molar-refractivity contribution in [1.82, 2.24) is 9.80 Å². The van der Waals surface area contributed by atoms with Gasteiger partial charge in [-0.25, -0.2) is 0 Å². The van der Waals surface area contributed by atoms with Gasteiger partial charge < -0.3 is 19.7 Å². The van der Waals surface area contributed by atoms with E-state index in [0.717, 1.165) is 19.5 Å². The van der Waals surface area contributed by atoms with Crippen LogP contribution in [0.3, 0.4) is 0 Å². The maximum atomic E-state index is 13.3. The minimum absolute atomic E-state index is 0.0843. The molecule has 35 heavy (non-hydrogen) atoms. The standard InChI is InChI=1S/C28H39N3O4/c1-6-27(32)29-23-12-13-24-25(16-23)35-19-21(3)31(15-14-22-10-8-7-9-11-22)17-20(2)26(34-5)18-30(4)28(24)33/h7-13,16,20-21,26H,6,14-15,17-19H2,1-5H3,(H,29,32)/t20-,21-,26+/m0/s1. The molecule has 1 heterocycles. The summed E-state index contributed by atoms with van der Waals surface area (Å²) in [4.78, 5) is 29.3. The molecular weight excluding hydrogens is 442 g/mol.